The third kappa shape index (κ3) is 12.2. The van der Waals surface area contributed by atoms with E-state index in [1.165, 1.54) is 0 Å². The summed E-state index contributed by atoms with van der Waals surface area (Å²) in [4.78, 5) is 29.4. The maximum Gasteiger partial charge on any atom is 0.407 e. The lowest BCUT2D eigenvalue weighted by atomic mass is 9.96. The normalized spacial score (nSPS) is 16.3. The molecule has 0 bridgehead atoms. The first-order valence-corrected chi connectivity index (χ1v) is 10.6. The van der Waals surface area contributed by atoms with Crippen LogP contribution in [0.5, 0.6) is 0 Å². The van der Waals surface area contributed by atoms with Gasteiger partial charge in [0, 0.05) is 32.6 Å². The van der Waals surface area contributed by atoms with E-state index in [0.717, 1.165) is 64.2 Å². The number of alkyl carbamates (subject to hydrolysis) is 1. The van der Waals surface area contributed by atoms with Crippen molar-refractivity contribution in [3.8, 4) is 0 Å². The summed E-state index contributed by atoms with van der Waals surface area (Å²) in [5.41, 5.74) is 4.90. The summed E-state index contributed by atoms with van der Waals surface area (Å²) < 4.78 is 5.19. The molecule has 0 aromatic carbocycles. The van der Waals surface area contributed by atoms with E-state index in [4.69, 9.17) is 10.5 Å². The lowest BCUT2D eigenvalue weighted by molar-refractivity contribution is -0.123. The van der Waals surface area contributed by atoms with Gasteiger partial charge in [-0.05, 0) is 72.5 Å². The van der Waals surface area contributed by atoms with Crippen LogP contribution in [-0.2, 0) is 9.53 Å². The number of primary amides is 1. The number of nitrogens with one attached hydrogen (secondary N) is 3. The maximum absolute atomic E-state index is 11.6. The Hall–Kier alpha value is -2.03. The highest BCUT2D eigenvalue weighted by atomic mass is 16.6. The van der Waals surface area contributed by atoms with E-state index >= 15 is 0 Å². The predicted octanol–water partition coefficient (Wildman–Crippen LogP) is 1.04. The first-order valence-electron chi connectivity index (χ1n) is 10.6. The van der Waals surface area contributed by atoms with Crippen molar-refractivity contribution < 1.29 is 14.3 Å². The molecule has 1 aliphatic rings. The molecule has 1 heterocycles. The van der Waals surface area contributed by atoms with E-state index in [2.05, 4.69) is 25.8 Å². The van der Waals surface area contributed by atoms with Gasteiger partial charge in [0.25, 0.3) is 0 Å². The number of likely N-dealkylation sites (tertiary alicyclic amines) is 1. The van der Waals surface area contributed by atoms with Gasteiger partial charge >= 0.3 is 6.09 Å². The Morgan fingerprint density at radius 3 is 2.17 bits per heavy atom. The third-order valence-electron chi connectivity index (χ3n) is 4.72. The molecule has 0 aromatic rings. The quantitative estimate of drug-likeness (QED) is 0.242. The van der Waals surface area contributed by atoms with Crippen molar-refractivity contribution in [1.29, 1.82) is 0 Å². The van der Waals surface area contributed by atoms with E-state index in [1.807, 2.05) is 20.8 Å². The van der Waals surface area contributed by atoms with Crippen LogP contribution < -0.4 is 21.7 Å². The number of hydrogen-bond donors (Lipinski definition) is 4. The third-order valence-corrected chi connectivity index (χ3v) is 4.72. The van der Waals surface area contributed by atoms with Gasteiger partial charge < -0.3 is 31.3 Å². The number of nitrogens with two attached hydrogens (primary N) is 1. The van der Waals surface area contributed by atoms with Crippen LogP contribution in [0.25, 0.3) is 0 Å². The van der Waals surface area contributed by atoms with E-state index in [0.29, 0.717) is 13.1 Å². The van der Waals surface area contributed by atoms with Crippen molar-refractivity contribution >= 4 is 18.0 Å². The van der Waals surface area contributed by atoms with Crippen LogP contribution in [0.3, 0.4) is 0 Å². The first kappa shape index (κ1) is 25.0. The maximum atomic E-state index is 11.6. The van der Waals surface area contributed by atoms with Crippen molar-refractivity contribution in [2.75, 3.05) is 46.3 Å². The molecule has 5 N–H and O–H groups in total. The van der Waals surface area contributed by atoms with Gasteiger partial charge in [-0.15, -0.1) is 0 Å². The zero-order chi connectivity index (χ0) is 21.7. The number of piperidine rings is 1. The summed E-state index contributed by atoms with van der Waals surface area (Å²) >= 11 is 0. The van der Waals surface area contributed by atoms with E-state index < -0.39 is 5.60 Å². The number of guanidine groups is 1. The summed E-state index contributed by atoms with van der Waals surface area (Å²) in [6.45, 7) is 10.6. The fraction of sp³-hybridized carbons (Fsp3) is 0.850. The second-order valence-corrected chi connectivity index (χ2v) is 8.43. The van der Waals surface area contributed by atoms with Gasteiger partial charge in [-0.2, -0.15) is 0 Å². The number of nitrogens with zero attached hydrogens (tertiary/aromatic N) is 2. The minimum absolute atomic E-state index is 0.0571. The molecule has 168 valence electrons. The van der Waals surface area contributed by atoms with E-state index in [9.17, 15) is 9.59 Å². The second kappa shape index (κ2) is 13.2. The molecule has 1 saturated heterocycles. The molecule has 1 aliphatic heterocycles. The summed E-state index contributed by atoms with van der Waals surface area (Å²) in [5.74, 6) is 0.666. The number of unbranched alkanes of at least 4 members (excludes halogenated alkanes) is 1. The van der Waals surface area contributed by atoms with Gasteiger partial charge in [-0.3, -0.25) is 9.79 Å². The topological polar surface area (TPSA) is 121 Å². The Balaban J connectivity index is 2.02. The van der Waals surface area contributed by atoms with Crippen molar-refractivity contribution in [3.63, 3.8) is 0 Å². The second-order valence-electron chi connectivity index (χ2n) is 8.43. The molecule has 0 aromatic heterocycles. The molecule has 0 radical (unpaired) electrons. The molecule has 1 fully saturated rings. The number of carbonyl (C=O) groups excluding carboxylic acids is 2. The standard InChI is InChI=1S/C20H40N6O3/c1-20(2,3)29-19(28)25-12-7-11-24-18(22-4)23-10-5-6-13-26-14-8-16(9-15-26)17(21)27/h16H,5-15H2,1-4H3,(H2,21,27)(H,25,28)(H2,22,23,24). The van der Waals surface area contributed by atoms with Crippen molar-refractivity contribution in [2.24, 2.45) is 16.6 Å². The Morgan fingerprint density at radius 2 is 1.62 bits per heavy atom. The smallest absolute Gasteiger partial charge is 0.407 e. The Labute approximate surface area is 175 Å². The highest BCUT2D eigenvalue weighted by molar-refractivity contribution is 5.79. The zero-order valence-electron chi connectivity index (χ0n) is 18.6. The molecule has 0 spiro atoms. The number of amides is 2. The number of rotatable bonds is 10. The lowest BCUT2D eigenvalue weighted by Gasteiger charge is -2.30. The van der Waals surface area contributed by atoms with Crippen LogP contribution in [0, 0.1) is 5.92 Å². The summed E-state index contributed by atoms with van der Waals surface area (Å²) in [7, 11) is 1.75. The van der Waals surface area contributed by atoms with Crippen LogP contribution in [0.2, 0.25) is 0 Å². The molecule has 0 aliphatic carbocycles. The van der Waals surface area contributed by atoms with E-state index in [-0.39, 0.29) is 17.9 Å². The summed E-state index contributed by atoms with van der Waals surface area (Å²) in [5, 5.41) is 9.29. The average Bonchev–Trinajstić information content (AvgIpc) is 2.64. The Kier molecular flexibility index (Phi) is 11.4. The van der Waals surface area contributed by atoms with Crippen molar-refractivity contribution in [3.05, 3.63) is 0 Å². The van der Waals surface area contributed by atoms with Crippen molar-refractivity contribution in [1.82, 2.24) is 20.9 Å². The monoisotopic (exact) mass is 412 g/mol. The fourth-order valence-electron chi connectivity index (χ4n) is 3.13. The van der Waals surface area contributed by atoms with E-state index in [1.54, 1.807) is 7.05 Å². The average molecular weight is 413 g/mol. The molecule has 0 unspecified atom stereocenters. The van der Waals surface area contributed by atoms with Crippen LogP contribution in [0.15, 0.2) is 4.99 Å². The molecular formula is C20H40N6O3. The molecule has 9 heteroatoms. The molecular weight excluding hydrogens is 372 g/mol. The van der Waals surface area contributed by atoms with Crippen molar-refractivity contribution in [2.45, 2.75) is 58.5 Å². The van der Waals surface area contributed by atoms with Gasteiger partial charge in [-0.1, -0.05) is 0 Å². The zero-order valence-corrected chi connectivity index (χ0v) is 18.6. The van der Waals surface area contributed by atoms with Crippen LogP contribution >= 0.6 is 0 Å². The highest BCUT2D eigenvalue weighted by Crippen LogP contribution is 2.16. The SMILES string of the molecule is CN=C(NCCCCN1CCC(C(N)=O)CC1)NCCCNC(=O)OC(C)(C)C. The van der Waals surface area contributed by atoms with Gasteiger partial charge in [-0.25, -0.2) is 4.79 Å². The summed E-state index contributed by atoms with van der Waals surface area (Å²) in [6.07, 6.45) is 4.31. The van der Waals surface area contributed by atoms with Gasteiger partial charge in [0.05, 0.1) is 0 Å². The minimum Gasteiger partial charge on any atom is -0.444 e. The van der Waals surface area contributed by atoms with Gasteiger partial charge in [0.1, 0.15) is 5.60 Å². The molecule has 1 rings (SSSR count). The lowest BCUT2D eigenvalue weighted by Crippen LogP contribution is -2.40. The molecule has 2 amide bonds. The van der Waals surface area contributed by atoms with Crippen LogP contribution in [0.4, 0.5) is 4.79 Å². The van der Waals surface area contributed by atoms with Crippen LogP contribution in [0.1, 0.15) is 52.9 Å². The van der Waals surface area contributed by atoms with Crippen LogP contribution in [-0.4, -0.2) is 74.8 Å². The Bertz CT molecular complexity index is 525. The first-order chi connectivity index (χ1) is 13.7. The number of aliphatic imine (C=N–C) groups is 1. The summed E-state index contributed by atoms with van der Waals surface area (Å²) in [6, 6.07) is 0. The van der Waals surface area contributed by atoms with Gasteiger partial charge in [0.2, 0.25) is 5.91 Å². The van der Waals surface area contributed by atoms with Gasteiger partial charge in [0.15, 0.2) is 5.96 Å². The number of ether oxygens (including phenoxy) is 1. The largest absolute Gasteiger partial charge is 0.444 e. The Morgan fingerprint density at radius 1 is 1.03 bits per heavy atom. The molecule has 0 saturated carbocycles. The highest BCUT2D eigenvalue weighted by Gasteiger charge is 2.22. The fourth-order valence-corrected chi connectivity index (χ4v) is 3.13. The predicted molar refractivity (Wildman–Crippen MR) is 116 cm³/mol. The molecule has 29 heavy (non-hydrogen) atoms. The number of carbonyl (C=O) groups is 2. The number of hydrogen-bond acceptors (Lipinski definition) is 5. The molecule has 0 atom stereocenters. The molecule has 9 nitrogen and oxygen atoms in total. The minimum atomic E-state index is -0.478.